The summed E-state index contributed by atoms with van der Waals surface area (Å²) in [7, 11) is -2.03. The molecule has 2 rings (SSSR count). The third-order valence-corrected chi connectivity index (χ3v) is 6.04. The Labute approximate surface area is 174 Å². The SMILES string of the molecule is CCCCCc1ccc(CN(Cc2cccc(CC(=O)OC)c2)S(C)(=O)=O)cc1. The first kappa shape index (κ1) is 23.1. The summed E-state index contributed by atoms with van der Waals surface area (Å²) in [5.74, 6) is -0.318. The molecule has 158 valence electrons. The first-order valence-electron chi connectivity index (χ1n) is 9.99. The van der Waals surface area contributed by atoms with E-state index >= 15 is 0 Å². The highest BCUT2D eigenvalue weighted by Crippen LogP contribution is 2.16. The molecule has 0 radical (unpaired) electrons. The quantitative estimate of drug-likeness (QED) is 0.408. The van der Waals surface area contributed by atoms with Crippen LogP contribution in [0.25, 0.3) is 0 Å². The molecule has 0 heterocycles. The van der Waals surface area contributed by atoms with Crippen molar-refractivity contribution in [2.75, 3.05) is 13.4 Å². The van der Waals surface area contributed by atoms with Crippen molar-refractivity contribution in [3.05, 3.63) is 70.8 Å². The lowest BCUT2D eigenvalue weighted by Crippen LogP contribution is -2.29. The molecule has 0 aromatic heterocycles. The average molecular weight is 418 g/mol. The van der Waals surface area contributed by atoms with Crippen molar-refractivity contribution < 1.29 is 17.9 Å². The molecule has 0 bridgehead atoms. The van der Waals surface area contributed by atoms with E-state index in [0.717, 1.165) is 23.1 Å². The molecule has 5 nitrogen and oxygen atoms in total. The Morgan fingerprint density at radius 3 is 2.17 bits per heavy atom. The summed E-state index contributed by atoms with van der Waals surface area (Å²) in [5, 5.41) is 0. The minimum absolute atomic E-state index is 0.169. The van der Waals surface area contributed by atoms with Gasteiger partial charge in [-0.25, -0.2) is 8.42 Å². The lowest BCUT2D eigenvalue weighted by atomic mass is 10.1. The van der Waals surface area contributed by atoms with Gasteiger partial charge in [0.05, 0.1) is 19.8 Å². The summed E-state index contributed by atoms with van der Waals surface area (Å²) in [6, 6.07) is 15.6. The Morgan fingerprint density at radius 2 is 1.55 bits per heavy atom. The van der Waals surface area contributed by atoms with Crippen LogP contribution in [0.2, 0.25) is 0 Å². The van der Waals surface area contributed by atoms with Crippen molar-refractivity contribution in [3.8, 4) is 0 Å². The second-order valence-electron chi connectivity index (χ2n) is 7.38. The van der Waals surface area contributed by atoms with Crippen LogP contribution in [-0.2, 0) is 45.5 Å². The largest absolute Gasteiger partial charge is 0.469 e. The number of rotatable bonds is 11. The van der Waals surface area contributed by atoms with Gasteiger partial charge in [-0.05, 0) is 35.1 Å². The maximum absolute atomic E-state index is 12.3. The highest BCUT2D eigenvalue weighted by atomic mass is 32.2. The Hall–Kier alpha value is -2.18. The molecule has 0 spiro atoms. The fourth-order valence-corrected chi connectivity index (χ4v) is 3.93. The molecule has 0 N–H and O–H groups in total. The van der Waals surface area contributed by atoms with Crippen LogP contribution in [-0.4, -0.2) is 32.1 Å². The van der Waals surface area contributed by atoms with E-state index in [1.807, 2.05) is 36.4 Å². The van der Waals surface area contributed by atoms with Gasteiger partial charge in [0.1, 0.15) is 0 Å². The lowest BCUT2D eigenvalue weighted by Gasteiger charge is -2.21. The molecule has 0 unspecified atom stereocenters. The van der Waals surface area contributed by atoms with E-state index < -0.39 is 10.0 Å². The van der Waals surface area contributed by atoms with E-state index in [2.05, 4.69) is 19.1 Å². The molecule has 2 aromatic carbocycles. The van der Waals surface area contributed by atoms with Crippen molar-refractivity contribution >= 4 is 16.0 Å². The number of benzene rings is 2. The molecular formula is C23H31NO4S. The average Bonchev–Trinajstić information content (AvgIpc) is 2.68. The van der Waals surface area contributed by atoms with Crippen LogP contribution < -0.4 is 0 Å². The van der Waals surface area contributed by atoms with E-state index in [1.54, 1.807) is 0 Å². The highest BCUT2D eigenvalue weighted by molar-refractivity contribution is 7.88. The maximum atomic E-state index is 12.3. The molecule has 6 heteroatoms. The van der Waals surface area contributed by atoms with Crippen molar-refractivity contribution in [3.63, 3.8) is 0 Å². The van der Waals surface area contributed by atoms with Crippen LogP contribution >= 0.6 is 0 Å². The smallest absolute Gasteiger partial charge is 0.309 e. The monoisotopic (exact) mass is 417 g/mol. The Morgan fingerprint density at radius 1 is 0.931 bits per heavy atom. The van der Waals surface area contributed by atoms with Gasteiger partial charge >= 0.3 is 5.97 Å². The van der Waals surface area contributed by atoms with E-state index in [9.17, 15) is 13.2 Å². The van der Waals surface area contributed by atoms with E-state index in [1.165, 1.54) is 42.5 Å². The van der Waals surface area contributed by atoms with E-state index in [4.69, 9.17) is 4.74 Å². The molecule has 0 saturated carbocycles. The Bertz CT molecular complexity index is 891. The van der Waals surface area contributed by atoms with Crippen LogP contribution in [0.3, 0.4) is 0 Å². The number of nitrogens with zero attached hydrogens (tertiary/aromatic N) is 1. The highest BCUT2D eigenvalue weighted by Gasteiger charge is 2.18. The van der Waals surface area contributed by atoms with Gasteiger partial charge in [0.15, 0.2) is 0 Å². The number of aryl methyl sites for hydroxylation is 1. The predicted molar refractivity (Wildman–Crippen MR) is 116 cm³/mol. The van der Waals surface area contributed by atoms with Crippen LogP contribution in [0.1, 0.15) is 48.4 Å². The third kappa shape index (κ3) is 7.99. The molecule has 0 saturated heterocycles. The summed E-state index contributed by atoms with van der Waals surface area (Å²) in [5.41, 5.74) is 3.89. The molecule has 0 aliphatic carbocycles. The van der Waals surface area contributed by atoms with Crippen molar-refractivity contribution in [2.24, 2.45) is 0 Å². The van der Waals surface area contributed by atoms with Crippen LogP contribution in [0.5, 0.6) is 0 Å². The molecule has 0 amide bonds. The number of hydrogen-bond acceptors (Lipinski definition) is 4. The van der Waals surface area contributed by atoms with Gasteiger partial charge in [0.2, 0.25) is 10.0 Å². The molecular weight excluding hydrogens is 386 g/mol. The summed E-state index contributed by atoms with van der Waals surface area (Å²) >= 11 is 0. The van der Waals surface area contributed by atoms with Gasteiger partial charge in [-0.2, -0.15) is 4.31 Å². The molecule has 0 aliphatic heterocycles. The normalized spacial score (nSPS) is 11.6. The topological polar surface area (TPSA) is 63.7 Å². The first-order valence-corrected chi connectivity index (χ1v) is 11.8. The van der Waals surface area contributed by atoms with Gasteiger partial charge in [-0.15, -0.1) is 0 Å². The second kappa shape index (κ2) is 11.1. The Kier molecular flexibility index (Phi) is 8.86. The number of sulfonamides is 1. The van der Waals surface area contributed by atoms with Gasteiger partial charge < -0.3 is 4.74 Å². The number of carbonyl (C=O) groups excluding carboxylic acids is 1. The number of esters is 1. The summed E-state index contributed by atoms with van der Waals surface area (Å²) in [4.78, 5) is 11.5. The fourth-order valence-electron chi connectivity index (χ4n) is 3.16. The minimum atomic E-state index is -3.39. The lowest BCUT2D eigenvalue weighted by molar-refractivity contribution is -0.139. The van der Waals surface area contributed by atoms with E-state index in [0.29, 0.717) is 6.54 Å². The zero-order chi connectivity index (χ0) is 21.3. The molecule has 2 aromatic rings. The number of methoxy groups -OCH3 is 1. The van der Waals surface area contributed by atoms with Crippen molar-refractivity contribution in [1.82, 2.24) is 4.31 Å². The molecule has 29 heavy (non-hydrogen) atoms. The summed E-state index contributed by atoms with van der Waals surface area (Å²) in [6.07, 6.45) is 6.04. The standard InChI is InChI=1S/C23H31NO4S/c1-4-5-6-8-19-11-13-20(14-12-19)17-24(29(3,26)27)18-22-10-7-9-21(15-22)16-23(25)28-2/h7,9-15H,4-6,8,16-18H2,1-3H3. The van der Waals surface area contributed by atoms with Crippen LogP contribution in [0.4, 0.5) is 0 Å². The zero-order valence-corrected chi connectivity index (χ0v) is 18.4. The molecule has 0 fully saturated rings. The zero-order valence-electron chi connectivity index (χ0n) is 17.6. The number of unbranched alkanes of at least 4 members (excludes halogenated alkanes) is 2. The minimum Gasteiger partial charge on any atom is -0.469 e. The molecule has 0 aliphatic rings. The van der Waals surface area contributed by atoms with Gasteiger partial charge in [-0.3, -0.25) is 4.79 Å². The predicted octanol–water partition coefficient (Wildman–Crippen LogP) is 4.10. The van der Waals surface area contributed by atoms with Crippen LogP contribution in [0.15, 0.2) is 48.5 Å². The summed E-state index contributed by atoms with van der Waals surface area (Å²) < 4.78 is 30.8. The van der Waals surface area contributed by atoms with Gasteiger partial charge in [0, 0.05) is 13.1 Å². The molecule has 0 atom stereocenters. The first-order chi connectivity index (χ1) is 13.8. The number of carbonyl (C=O) groups is 1. The summed E-state index contributed by atoms with van der Waals surface area (Å²) in [6.45, 7) is 2.76. The van der Waals surface area contributed by atoms with Crippen LogP contribution in [0, 0.1) is 0 Å². The fraction of sp³-hybridized carbons (Fsp3) is 0.435. The van der Waals surface area contributed by atoms with Gasteiger partial charge in [-0.1, -0.05) is 68.3 Å². The van der Waals surface area contributed by atoms with E-state index in [-0.39, 0.29) is 18.9 Å². The maximum Gasteiger partial charge on any atom is 0.309 e. The Balaban J connectivity index is 2.09. The number of hydrogen-bond donors (Lipinski definition) is 0. The van der Waals surface area contributed by atoms with Gasteiger partial charge in [0.25, 0.3) is 0 Å². The van der Waals surface area contributed by atoms with Crippen molar-refractivity contribution in [1.29, 1.82) is 0 Å². The second-order valence-corrected chi connectivity index (χ2v) is 9.36. The number of ether oxygens (including phenoxy) is 1. The third-order valence-electron chi connectivity index (χ3n) is 4.85. The van der Waals surface area contributed by atoms with Crippen molar-refractivity contribution in [2.45, 2.75) is 52.1 Å².